The van der Waals surface area contributed by atoms with Crippen LogP contribution >= 0.6 is 11.3 Å². The first-order valence-corrected chi connectivity index (χ1v) is 8.52. The lowest BCUT2D eigenvalue weighted by Crippen LogP contribution is -2.35. The predicted octanol–water partition coefficient (Wildman–Crippen LogP) is 4.39. The molecule has 0 aromatic carbocycles. The van der Waals surface area contributed by atoms with Crippen LogP contribution in [0.5, 0.6) is 0 Å². The zero-order valence-corrected chi connectivity index (χ0v) is 15.0. The third-order valence-corrected chi connectivity index (χ3v) is 4.40. The molecule has 0 aliphatic rings. The summed E-state index contributed by atoms with van der Waals surface area (Å²) in [6.07, 6.45) is 2.45. The summed E-state index contributed by atoms with van der Waals surface area (Å²) in [5.74, 6) is 0.483. The Kier molecular flexibility index (Phi) is 6.46. The molecule has 4 heteroatoms. The summed E-state index contributed by atoms with van der Waals surface area (Å²) in [6.45, 7) is 15.3. The van der Waals surface area contributed by atoms with Crippen molar-refractivity contribution in [3.05, 3.63) is 10.6 Å². The standard InChI is InChI=1S/C16H31N3S/c1-8-9-10-19(7)15-18-14(12(2)3)13(20-15)11-17-16(4,5)6/h12,17H,8-11H2,1-7H3. The Morgan fingerprint density at radius 1 is 1.30 bits per heavy atom. The third kappa shape index (κ3) is 5.41. The summed E-state index contributed by atoms with van der Waals surface area (Å²) in [5.41, 5.74) is 1.40. The van der Waals surface area contributed by atoms with E-state index in [1.807, 2.05) is 11.3 Å². The smallest absolute Gasteiger partial charge is 0.185 e. The van der Waals surface area contributed by atoms with Gasteiger partial charge in [-0.25, -0.2) is 4.98 Å². The van der Waals surface area contributed by atoms with Crippen molar-refractivity contribution >= 4 is 16.5 Å². The maximum absolute atomic E-state index is 4.87. The molecule has 116 valence electrons. The summed E-state index contributed by atoms with van der Waals surface area (Å²) < 4.78 is 0. The lowest BCUT2D eigenvalue weighted by molar-refractivity contribution is 0.425. The second-order valence-corrected chi connectivity index (χ2v) is 7.90. The van der Waals surface area contributed by atoms with Gasteiger partial charge in [0.25, 0.3) is 0 Å². The van der Waals surface area contributed by atoms with Gasteiger partial charge in [0.15, 0.2) is 5.13 Å². The van der Waals surface area contributed by atoms with Gasteiger partial charge in [-0.2, -0.15) is 0 Å². The average Bonchev–Trinajstić information content (AvgIpc) is 2.77. The molecule has 20 heavy (non-hydrogen) atoms. The van der Waals surface area contributed by atoms with Crippen molar-refractivity contribution in [1.29, 1.82) is 0 Å². The van der Waals surface area contributed by atoms with Crippen LogP contribution in [0.15, 0.2) is 0 Å². The molecule has 0 spiro atoms. The number of thiazole rings is 1. The number of nitrogens with zero attached hydrogens (tertiary/aromatic N) is 2. The molecule has 0 saturated carbocycles. The molecule has 0 atom stereocenters. The van der Waals surface area contributed by atoms with Gasteiger partial charge in [-0.05, 0) is 33.1 Å². The van der Waals surface area contributed by atoms with E-state index < -0.39 is 0 Å². The second kappa shape index (κ2) is 7.41. The van der Waals surface area contributed by atoms with Crippen molar-refractivity contribution in [2.24, 2.45) is 0 Å². The van der Waals surface area contributed by atoms with Gasteiger partial charge in [-0.15, -0.1) is 11.3 Å². The van der Waals surface area contributed by atoms with Crippen molar-refractivity contribution < 1.29 is 0 Å². The van der Waals surface area contributed by atoms with Gasteiger partial charge in [0.2, 0.25) is 0 Å². The van der Waals surface area contributed by atoms with Crippen LogP contribution in [0.4, 0.5) is 5.13 Å². The largest absolute Gasteiger partial charge is 0.351 e. The van der Waals surface area contributed by atoms with Crippen LogP contribution in [0.1, 0.15) is 70.9 Å². The van der Waals surface area contributed by atoms with Gasteiger partial charge in [-0.3, -0.25) is 0 Å². The van der Waals surface area contributed by atoms with Crippen molar-refractivity contribution in [3.8, 4) is 0 Å². The topological polar surface area (TPSA) is 28.2 Å². The Labute approximate surface area is 128 Å². The molecule has 1 aromatic rings. The highest BCUT2D eigenvalue weighted by Crippen LogP contribution is 2.30. The van der Waals surface area contributed by atoms with Crippen LogP contribution in [-0.2, 0) is 6.54 Å². The van der Waals surface area contributed by atoms with Gasteiger partial charge in [0.1, 0.15) is 0 Å². The molecule has 0 saturated heterocycles. The minimum atomic E-state index is 0.145. The average molecular weight is 298 g/mol. The Balaban J connectivity index is 2.84. The zero-order chi connectivity index (χ0) is 15.3. The number of hydrogen-bond donors (Lipinski definition) is 1. The fraction of sp³-hybridized carbons (Fsp3) is 0.812. The molecule has 0 fully saturated rings. The van der Waals surface area contributed by atoms with E-state index >= 15 is 0 Å². The van der Waals surface area contributed by atoms with Gasteiger partial charge in [0.05, 0.1) is 5.69 Å². The van der Waals surface area contributed by atoms with Gasteiger partial charge in [0, 0.05) is 30.6 Å². The Morgan fingerprint density at radius 2 is 1.95 bits per heavy atom. The van der Waals surface area contributed by atoms with Crippen LogP contribution in [-0.4, -0.2) is 24.1 Å². The van der Waals surface area contributed by atoms with E-state index in [2.05, 4.69) is 58.8 Å². The molecule has 1 aromatic heterocycles. The van der Waals surface area contributed by atoms with Crippen LogP contribution in [0, 0.1) is 0 Å². The molecule has 0 aliphatic carbocycles. The Morgan fingerprint density at radius 3 is 2.45 bits per heavy atom. The number of aromatic nitrogens is 1. The second-order valence-electron chi connectivity index (χ2n) is 6.84. The first-order chi connectivity index (χ1) is 9.24. The van der Waals surface area contributed by atoms with E-state index in [0.717, 1.165) is 18.2 Å². The quantitative estimate of drug-likeness (QED) is 0.809. The van der Waals surface area contributed by atoms with Gasteiger partial charge < -0.3 is 10.2 Å². The first-order valence-electron chi connectivity index (χ1n) is 7.70. The van der Waals surface area contributed by atoms with E-state index in [4.69, 9.17) is 4.98 Å². The minimum absolute atomic E-state index is 0.145. The van der Waals surface area contributed by atoms with Crippen molar-refractivity contribution in [2.75, 3.05) is 18.5 Å². The molecule has 0 radical (unpaired) electrons. The highest BCUT2D eigenvalue weighted by molar-refractivity contribution is 7.15. The third-order valence-electron chi connectivity index (χ3n) is 3.22. The summed E-state index contributed by atoms with van der Waals surface area (Å²) in [4.78, 5) is 8.54. The van der Waals surface area contributed by atoms with Crippen LogP contribution < -0.4 is 10.2 Å². The normalized spacial score (nSPS) is 12.2. The molecule has 0 aliphatic heterocycles. The highest BCUT2D eigenvalue weighted by atomic mass is 32.1. The van der Waals surface area contributed by atoms with Crippen molar-refractivity contribution in [1.82, 2.24) is 10.3 Å². The minimum Gasteiger partial charge on any atom is -0.351 e. The number of unbranched alkanes of at least 4 members (excludes halogenated alkanes) is 1. The van der Waals surface area contributed by atoms with E-state index in [0.29, 0.717) is 5.92 Å². The zero-order valence-electron chi connectivity index (χ0n) is 14.2. The summed E-state index contributed by atoms with van der Waals surface area (Å²) >= 11 is 1.84. The lowest BCUT2D eigenvalue weighted by Gasteiger charge is -2.20. The number of rotatable bonds is 7. The monoisotopic (exact) mass is 297 g/mol. The Bertz CT molecular complexity index is 404. The highest BCUT2D eigenvalue weighted by Gasteiger charge is 2.18. The molecule has 3 nitrogen and oxygen atoms in total. The molecular weight excluding hydrogens is 266 g/mol. The van der Waals surface area contributed by atoms with Crippen LogP contribution in [0.2, 0.25) is 0 Å². The maximum Gasteiger partial charge on any atom is 0.185 e. The van der Waals surface area contributed by atoms with Crippen LogP contribution in [0.3, 0.4) is 0 Å². The summed E-state index contributed by atoms with van der Waals surface area (Å²) in [6, 6.07) is 0. The first kappa shape index (κ1) is 17.4. The van der Waals surface area contributed by atoms with Gasteiger partial charge in [-0.1, -0.05) is 27.2 Å². The molecule has 1 heterocycles. The SMILES string of the molecule is CCCCN(C)c1nc(C(C)C)c(CNC(C)(C)C)s1. The molecule has 1 rings (SSSR count). The number of nitrogens with one attached hydrogen (secondary N) is 1. The molecular formula is C16H31N3S. The maximum atomic E-state index is 4.87. The summed E-state index contributed by atoms with van der Waals surface area (Å²) in [5, 5.41) is 4.74. The molecule has 1 N–H and O–H groups in total. The Hall–Kier alpha value is -0.610. The van der Waals surface area contributed by atoms with Crippen molar-refractivity contribution in [2.45, 2.75) is 72.4 Å². The lowest BCUT2D eigenvalue weighted by atomic mass is 10.1. The molecule has 0 bridgehead atoms. The summed E-state index contributed by atoms with van der Waals surface area (Å²) in [7, 11) is 2.15. The van der Waals surface area contributed by atoms with E-state index in [9.17, 15) is 0 Å². The molecule has 0 amide bonds. The fourth-order valence-electron chi connectivity index (χ4n) is 1.93. The van der Waals surface area contributed by atoms with Gasteiger partial charge >= 0.3 is 0 Å². The predicted molar refractivity (Wildman–Crippen MR) is 91.0 cm³/mol. The van der Waals surface area contributed by atoms with E-state index in [-0.39, 0.29) is 5.54 Å². The van der Waals surface area contributed by atoms with Crippen molar-refractivity contribution in [3.63, 3.8) is 0 Å². The fourth-order valence-corrected chi connectivity index (χ4v) is 3.07. The number of hydrogen-bond acceptors (Lipinski definition) is 4. The van der Waals surface area contributed by atoms with E-state index in [1.165, 1.54) is 23.4 Å². The van der Waals surface area contributed by atoms with Crippen LogP contribution in [0.25, 0.3) is 0 Å². The van der Waals surface area contributed by atoms with E-state index in [1.54, 1.807) is 0 Å². The number of anilines is 1. The molecule has 0 unspecified atom stereocenters.